The smallest absolute Gasteiger partial charge is 0.315 e. The lowest BCUT2D eigenvalue weighted by atomic mass is 9.93. The van der Waals surface area contributed by atoms with Crippen LogP contribution in [0.25, 0.3) is 0 Å². The maximum atomic E-state index is 11.9. The van der Waals surface area contributed by atoms with Crippen LogP contribution >= 0.6 is 0 Å². The summed E-state index contributed by atoms with van der Waals surface area (Å²) >= 11 is 0. The van der Waals surface area contributed by atoms with Crippen molar-refractivity contribution >= 4 is 6.03 Å². The molecule has 134 valence electrons. The van der Waals surface area contributed by atoms with E-state index in [-0.39, 0.29) is 18.2 Å². The molecule has 1 aromatic rings. The van der Waals surface area contributed by atoms with Gasteiger partial charge in [0.15, 0.2) is 0 Å². The summed E-state index contributed by atoms with van der Waals surface area (Å²) in [6.07, 6.45) is 3.85. The highest BCUT2D eigenvalue weighted by Crippen LogP contribution is 2.18. The number of hydrogen-bond donors (Lipinski definition) is 3. The Balaban J connectivity index is 1.63. The molecule has 1 aromatic carbocycles. The highest BCUT2D eigenvalue weighted by molar-refractivity contribution is 5.74. The van der Waals surface area contributed by atoms with Crippen molar-refractivity contribution in [2.75, 3.05) is 13.2 Å². The van der Waals surface area contributed by atoms with Crippen molar-refractivity contribution in [2.45, 2.75) is 58.1 Å². The maximum Gasteiger partial charge on any atom is 0.315 e. The van der Waals surface area contributed by atoms with Crippen molar-refractivity contribution in [3.05, 3.63) is 29.8 Å². The van der Waals surface area contributed by atoms with E-state index < -0.39 is 0 Å². The summed E-state index contributed by atoms with van der Waals surface area (Å²) in [5.74, 6) is 1.40. The van der Waals surface area contributed by atoms with Crippen molar-refractivity contribution in [2.24, 2.45) is 5.92 Å². The highest BCUT2D eigenvalue weighted by atomic mass is 16.5. The molecule has 0 radical (unpaired) electrons. The first-order valence-corrected chi connectivity index (χ1v) is 8.97. The molecule has 1 aliphatic rings. The normalized spacial score (nSPS) is 20.7. The molecule has 5 heteroatoms. The molecule has 0 atom stereocenters. The molecule has 5 nitrogen and oxygen atoms in total. The van der Waals surface area contributed by atoms with Crippen molar-refractivity contribution in [1.29, 1.82) is 0 Å². The van der Waals surface area contributed by atoms with E-state index in [1.807, 2.05) is 24.3 Å². The molecule has 0 aliphatic heterocycles. The molecule has 1 aliphatic carbocycles. The van der Waals surface area contributed by atoms with Crippen molar-refractivity contribution in [3.8, 4) is 5.75 Å². The second-order valence-corrected chi connectivity index (χ2v) is 7.00. The minimum Gasteiger partial charge on any atom is -0.493 e. The van der Waals surface area contributed by atoms with E-state index in [4.69, 9.17) is 4.74 Å². The molecule has 0 aromatic heterocycles. The van der Waals surface area contributed by atoms with Crippen LogP contribution in [0.15, 0.2) is 24.3 Å². The molecule has 2 rings (SSSR count). The molecule has 1 saturated carbocycles. The van der Waals surface area contributed by atoms with Crippen molar-refractivity contribution in [3.63, 3.8) is 0 Å². The van der Waals surface area contributed by atoms with Crippen LogP contribution in [0.4, 0.5) is 4.79 Å². The zero-order valence-corrected chi connectivity index (χ0v) is 14.8. The zero-order valence-electron chi connectivity index (χ0n) is 14.8. The van der Waals surface area contributed by atoms with E-state index >= 15 is 0 Å². The Morgan fingerprint density at radius 3 is 2.50 bits per heavy atom. The predicted molar refractivity (Wildman–Crippen MR) is 95.3 cm³/mol. The van der Waals surface area contributed by atoms with Crippen LogP contribution in [0.5, 0.6) is 5.75 Å². The number of hydrogen-bond acceptors (Lipinski definition) is 3. The molecule has 2 amide bonds. The molecule has 0 heterocycles. The van der Waals surface area contributed by atoms with E-state index in [1.54, 1.807) is 0 Å². The van der Waals surface area contributed by atoms with E-state index in [0.29, 0.717) is 12.5 Å². The minimum atomic E-state index is -0.196. The summed E-state index contributed by atoms with van der Waals surface area (Å²) in [7, 11) is 0. The Morgan fingerprint density at radius 1 is 1.21 bits per heavy atom. The molecule has 0 unspecified atom stereocenters. The highest BCUT2D eigenvalue weighted by Gasteiger charge is 2.20. The third-order valence-electron chi connectivity index (χ3n) is 4.24. The third kappa shape index (κ3) is 6.79. The Kier molecular flexibility index (Phi) is 7.37. The number of aliphatic hydroxyl groups excluding tert-OH is 1. The fraction of sp³-hybridized carbons (Fsp3) is 0.632. The van der Waals surface area contributed by atoms with Crippen LogP contribution in [0, 0.1) is 5.92 Å². The monoisotopic (exact) mass is 334 g/mol. The minimum absolute atomic E-state index is 0.117. The second kappa shape index (κ2) is 9.52. The number of carbonyl (C=O) groups excluding carboxylic acids is 1. The molecular weight excluding hydrogens is 304 g/mol. The number of aliphatic hydroxyl groups is 1. The van der Waals surface area contributed by atoms with Gasteiger partial charge in [-0.25, -0.2) is 4.79 Å². The van der Waals surface area contributed by atoms with Gasteiger partial charge in [0.2, 0.25) is 0 Å². The summed E-state index contributed by atoms with van der Waals surface area (Å²) in [6.45, 7) is 5.58. The second-order valence-electron chi connectivity index (χ2n) is 7.00. The fourth-order valence-electron chi connectivity index (χ4n) is 2.79. The molecule has 0 bridgehead atoms. The van der Waals surface area contributed by atoms with Gasteiger partial charge in [-0.15, -0.1) is 0 Å². The number of amides is 2. The Hall–Kier alpha value is -1.75. The van der Waals surface area contributed by atoms with Gasteiger partial charge in [0, 0.05) is 12.6 Å². The first-order valence-electron chi connectivity index (χ1n) is 8.97. The van der Waals surface area contributed by atoms with Gasteiger partial charge >= 0.3 is 6.03 Å². The van der Waals surface area contributed by atoms with Gasteiger partial charge in [-0.1, -0.05) is 26.0 Å². The maximum absolute atomic E-state index is 11.9. The van der Waals surface area contributed by atoms with E-state index in [1.165, 1.54) is 5.56 Å². The number of urea groups is 1. The Morgan fingerprint density at radius 2 is 1.88 bits per heavy atom. The number of ether oxygens (including phenoxy) is 1. The Labute approximate surface area is 144 Å². The molecule has 3 N–H and O–H groups in total. The SMILES string of the molecule is CC(C)COc1ccc(CCNC(=O)NC2CCC(O)CC2)cc1. The average Bonchev–Trinajstić information content (AvgIpc) is 2.56. The summed E-state index contributed by atoms with van der Waals surface area (Å²) in [6, 6.07) is 8.10. The van der Waals surface area contributed by atoms with Crippen molar-refractivity contribution in [1.82, 2.24) is 10.6 Å². The number of rotatable bonds is 7. The van der Waals surface area contributed by atoms with Crippen LogP contribution in [0.3, 0.4) is 0 Å². The van der Waals surface area contributed by atoms with Gasteiger partial charge in [-0.05, 0) is 55.7 Å². The van der Waals surface area contributed by atoms with Crippen molar-refractivity contribution < 1.29 is 14.6 Å². The van der Waals surface area contributed by atoms with Gasteiger partial charge in [0.1, 0.15) is 5.75 Å². The number of carbonyl (C=O) groups is 1. The molecule has 0 spiro atoms. The molecule has 1 fully saturated rings. The quantitative estimate of drug-likeness (QED) is 0.718. The van der Waals surface area contributed by atoms with E-state index in [0.717, 1.165) is 44.5 Å². The summed E-state index contributed by atoms with van der Waals surface area (Å²) < 4.78 is 5.66. The average molecular weight is 334 g/mol. The van der Waals surface area contributed by atoms with Crippen LogP contribution in [0.2, 0.25) is 0 Å². The first kappa shape index (κ1) is 18.6. The summed E-state index contributed by atoms with van der Waals surface area (Å²) in [5.41, 5.74) is 1.17. The van der Waals surface area contributed by atoms with E-state index in [9.17, 15) is 9.90 Å². The molecule has 24 heavy (non-hydrogen) atoms. The van der Waals surface area contributed by atoms with Gasteiger partial charge in [0.05, 0.1) is 12.7 Å². The van der Waals surface area contributed by atoms with Gasteiger partial charge < -0.3 is 20.5 Å². The molecule has 0 saturated heterocycles. The lowest BCUT2D eigenvalue weighted by Gasteiger charge is -2.26. The first-order chi connectivity index (χ1) is 11.5. The van der Waals surface area contributed by atoms with Gasteiger partial charge in [-0.2, -0.15) is 0 Å². The van der Waals surface area contributed by atoms with Crippen LogP contribution in [-0.2, 0) is 6.42 Å². The third-order valence-corrected chi connectivity index (χ3v) is 4.24. The van der Waals surface area contributed by atoms with Gasteiger partial charge in [0.25, 0.3) is 0 Å². The Bertz CT molecular complexity index is 494. The molecular formula is C19H30N2O3. The van der Waals surface area contributed by atoms with Crippen LogP contribution < -0.4 is 15.4 Å². The lowest BCUT2D eigenvalue weighted by Crippen LogP contribution is -2.44. The standard InChI is InChI=1S/C19H30N2O3/c1-14(2)13-24-18-9-3-15(4-10-18)11-12-20-19(23)21-16-5-7-17(22)8-6-16/h3-4,9-10,14,16-17,22H,5-8,11-13H2,1-2H3,(H2,20,21,23). The summed E-state index contributed by atoms with van der Waals surface area (Å²) in [5, 5.41) is 15.4. The topological polar surface area (TPSA) is 70.6 Å². The summed E-state index contributed by atoms with van der Waals surface area (Å²) in [4.78, 5) is 11.9. The largest absolute Gasteiger partial charge is 0.493 e. The van der Waals surface area contributed by atoms with E-state index in [2.05, 4.69) is 24.5 Å². The van der Waals surface area contributed by atoms with Crippen LogP contribution in [0.1, 0.15) is 45.1 Å². The number of benzene rings is 1. The number of nitrogens with one attached hydrogen (secondary N) is 2. The zero-order chi connectivity index (χ0) is 17.4. The fourth-order valence-corrected chi connectivity index (χ4v) is 2.79. The predicted octanol–water partition coefficient (Wildman–Crippen LogP) is 2.87. The van der Waals surface area contributed by atoms with Crippen LogP contribution in [-0.4, -0.2) is 36.4 Å². The van der Waals surface area contributed by atoms with Gasteiger partial charge in [-0.3, -0.25) is 0 Å². The lowest BCUT2D eigenvalue weighted by molar-refractivity contribution is 0.117.